The monoisotopic (exact) mass is 344 g/mol. The van der Waals surface area contributed by atoms with Gasteiger partial charge in [-0.25, -0.2) is 0 Å². The van der Waals surface area contributed by atoms with E-state index in [1.54, 1.807) is 18.2 Å². The van der Waals surface area contributed by atoms with Crippen LogP contribution in [0.3, 0.4) is 0 Å². The van der Waals surface area contributed by atoms with E-state index in [-0.39, 0.29) is 17.1 Å². The molecule has 0 aliphatic rings. The number of carbonyl (C=O) groups is 1. The molecule has 0 atom stereocenters. The maximum Gasteiger partial charge on any atom is 0.193 e. The van der Waals surface area contributed by atoms with Crippen molar-refractivity contribution < 1.29 is 14.6 Å². The molecule has 0 aliphatic heterocycles. The lowest BCUT2D eigenvalue weighted by molar-refractivity contribution is 0.104. The maximum atomic E-state index is 12.6. The number of hydrogen-bond acceptors (Lipinski definition) is 3. The van der Waals surface area contributed by atoms with Crippen molar-refractivity contribution in [1.29, 1.82) is 0 Å². The Morgan fingerprint density at radius 2 is 1.77 bits per heavy atom. The first-order valence-electron chi connectivity index (χ1n) is 8.41. The molecule has 0 saturated carbocycles. The lowest BCUT2D eigenvalue weighted by Crippen LogP contribution is -2.03. The summed E-state index contributed by atoms with van der Waals surface area (Å²) < 4.78 is 5.78. The number of ketones is 1. The highest BCUT2D eigenvalue weighted by Gasteiger charge is 2.15. The smallest absolute Gasteiger partial charge is 0.193 e. The zero-order valence-corrected chi connectivity index (χ0v) is 14.6. The van der Waals surface area contributed by atoms with Gasteiger partial charge in [-0.3, -0.25) is 4.79 Å². The van der Waals surface area contributed by atoms with Crippen LogP contribution in [-0.2, 0) is 6.61 Å². The van der Waals surface area contributed by atoms with Gasteiger partial charge in [-0.2, -0.15) is 0 Å². The highest BCUT2D eigenvalue weighted by molar-refractivity contribution is 6.10. The van der Waals surface area contributed by atoms with Crippen molar-refractivity contribution in [1.82, 2.24) is 0 Å². The molecule has 0 aliphatic carbocycles. The largest absolute Gasteiger partial charge is 0.507 e. The van der Waals surface area contributed by atoms with Crippen molar-refractivity contribution in [2.24, 2.45) is 0 Å². The Morgan fingerprint density at radius 1 is 1.00 bits per heavy atom. The Bertz CT molecular complexity index is 927. The normalized spacial score (nSPS) is 10.8. The van der Waals surface area contributed by atoms with Crippen LogP contribution in [0.15, 0.2) is 78.9 Å². The molecule has 130 valence electrons. The van der Waals surface area contributed by atoms with E-state index < -0.39 is 0 Å². The number of aryl methyl sites for hydroxylation is 1. The van der Waals surface area contributed by atoms with Crippen LogP contribution in [0, 0.1) is 6.92 Å². The maximum absolute atomic E-state index is 12.6. The minimum Gasteiger partial charge on any atom is -0.507 e. The van der Waals surface area contributed by atoms with Gasteiger partial charge in [-0.15, -0.1) is 0 Å². The Kier molecular flexibility index (Phi) is 5.49. The van der Waals surface area contributed by atoms with E-state index in [4.69, 9.17) is 4.74 Å². The molecule has 0 bridgehead atoms. The Labute approximate surface area is 153 Å². The predicted molar refractivity (Wildman–Crippen MR) is 103 cm³/mol. The van der Waals surface area contributed by atoms with Crippen molar-refractivity contribution in [2.75, 3.05) is 0 Å². The third kappa shape index (κ3) is 4.39. The van der Waals surface area contributed by atoms with Gasteiger partial charge >= 0.3 is 0 Å². The van der Waals surface area contributed by atoms with Crippen LogP contribution >= 0.6 is 0 Å². The number of carbonyl (C=O) groups excluding carboxylic acids is 1. The molecule has 0 amide bonds. The van der Waals surface area contributed by atoms with Gasteiger partial charge in [0.2, 0.25) is 0 Å². The topological polar surface area (TPSA) is 46.5 Å². The third-order valence-electron chi connectivity index (χ3n) is 3.96. The number of phenols is 1. The lowest BCUT2D eigenvalue weighted by Gasteiger charge is -2.11. The zero-order chi connectivity index (χ0) is 18.4. The quantitative estimate of drug-likeness (QED) is 0.495. The molecule has 3 aromatic rings. The van der Waals surface area contributed by atoms with E-state index in [1.807, 2.05) is 61.5 Å². The third-order valence-corrected chi connectivity index (χ3v) is 3.96. The molecule has 3 nitrogen and oxygen atoms in total. The van der Waals surface area contributed by atoms with Gasteiger partial charge in [0.05, 0.1) is 0 Å². The Hall–Kier alpha value is -3.33. The Balaban J connectivity index is 1.81. The fourth-order valence-corrected chi connectivity index (χ4v) is 2.65. The van der Waals surface area contributed by atoms with Gasteiger partial charge < -0.3 is 9.84 Å². The van der Waals surface area contributed by atoms with Gasteiger partial charge in [0.25, 0.3) is 0 Å². The lowest BCUT2D eigenvalue weighted by atomic mass is 10.1. The molecular weight excluding hydrogens is 324 g/mol. The molecule has 0 radical (unpaired) electrons. The van der Waals surface area contributed by atoms with Gasteiger partial charge in [0, 0.05) is 0 Å². The SMILES string of the molecule is Cc1cccc(/C=C/C(=O)c2c(O)cccc2OCc2ccccc2)c1. The van der Waals surface area contributed by atoms with Crippen molar-refractivity contribution in [3.05, 3.63) is 101 Å². The highest BCUT2D eigenvalue weighted by Crippen LogP contribution is 2.29. The fourth-order valence-electron chi connectivity index (χ4n) is 2.65. The number of hydrogen-bond donors (Lipinski definition) is 1. The summed E-state index contributed by atoms with van der Waals surface area (Å²) in [6.45, 7) is 2.32. The van der Waals surface area contributed by atoms with Gasteiger partial charge in [-0.1, -0.05) is 72.3 Å². The van der Waals surface area contributed by atoms with E-state index in [9.17, 15) is 9.90 Å². The molecule has 1 N–H and O–H groups in total. The standard InChI is InChI=1S/C23H20O3/c1-17-7-5-10-18(15-17)13-14-21(25)23-20(24)11-6-12-22(23)26-16-19-8-3-2-4-9-19/h2-15,24H,16H2,1H3/b14-13+. The van der Waals surface area contributed by atoms with Crippen LogP contribution in [0.25, 0.3) is 6.08 Å². The predicted octanol–water partition coefficient (Wildman–Crippen LogP) is 5.18. The van der Waals surface area contributed by atoms with Crippen LogP contribution in [-0.4, -0.2) is 10.9 Å². The number of ether oxygens (including phenoxy) is 1. The van der Waals surface area contributed by atoms with E-state index >= 15 is 0 Å². The second-order valence-corrected chi connectivity index (χ2v) is 6.04. The molecule has 3 rings (SSSR count). The summed E-state index contributed by atoms with van der Waals surface area (Å²) in [7, 11) is 0. The number of rotatable bonds is 6. The average Bonchev–Trinajstić information content (AvgIpc) is 2.65. The van der Waals surface area contributed by atoms with Crippen molar-refractivity contribution in [3.8, 4) is 11.5 Å². The second kappa shape index (κ2) is 8.17. The molecule has 0 unspecified atom stereocenters. The summed E-state index contributed by atoms with van der Waals surface area (Å²) in [5, 5.41) is 10.2. The van der Waals surface area contributed by atoms with E-state index in [0.717, 1.165) is 16.7 Å². The summed E-state index contributed by atoms with van der Waals surface area (Å²) in [5.41, 5.74) is 3.21. The molecular formula is C23H20O3. The molecule has 3 heteroatoms. The second-order valence-electron chi connectivity index (χ2n) is 6.04. The minimum atomic E-state index is -0.298. The molecule has 0 aromatic heterocycles. The van der Waals surface area contributed by atoms with E-state index in [1.165, 1.54) is 12.1 Å². The first kappa shape index (κ1) is 17.5. The van der Waals surface area contributed by atoms with Crippen molar-refractivity contribution >= 4 is 11.9 Å². The summed E-state index contributed by atoms with van der Waals surface area (Å²) in [6, 6.07) is 22.4. The van der Waals surface area contributed by atoms with Gasteiger partial charge in [-0.05, 0) is 36.3 Å². The number of benzene rings is 3. The molecule has 0 fully saturated rings. The van der Waals surface area contributed by atoms with Crippen molar-refractivity contribution in [3.63, 3.8) is 0 Å². The van der Waals surface area contributed by atoms with Crippen LogP contribution in [0.4, 0.5) is 0 Å². The van der Waals surface area contributed by atoms with Gasteiger partial charge in [0.1, 0.15) is 23.7 Å². The molecule has 26 heavy (non-hydrogen) atoms. The number of aromatic hydroxyl groups is 1. The zero-order valence-electron chi connectivity index (χ0n) is 14.6. The summed E-state index contributed by atoms with van der Waals surface area (Å²) in [4.78, 5) is 12.6. The first-order valence-corrected chi connectivity index (χ1v) is 8.41. The fraction of sp³-hybridized carbons (Fsp3) is 0.0870. The van der Waals surface area contributed by atoms with E-state index in [0.29, 0.717) is 12.4 Å². The van der Waals surface area contributed by atoms with Gasteiger partial charge in [0.15, 0.2) is 5.78 Å². The van der Waals surface area contributed by atoms with Crippen LogP contribution in [0.5, 0.6) is 11.5 Å². The first-order chi connectivity index (χ1) is 12.6. The van der Waals surface area contributed by atoms with E-state index in [2.05, 4.69) is 0 Å². The van der Waals surface area contributed by atoms with Crippen LogP contribution in [0.1, 0.15) is 27.0 Å². The number of phenolic OH excluding ortho intramolecular Hbond substituents is 1. The van der Waals surface area contributed by atoms with Crippen molar-refractivity contribution in [2.45, 2.75) is 13.5 Å². The summed E-state index contributed by atoms with van der Waals surface area (Å²) in [6.07, 6.45) is 3.20. The minimum absolute atomic E-state index is 0.0885. The summed E-state index contributed by atoms with van der Waals surface area (Å²) in [5.74, 6) is -0.0186. The summed E-state index contributed by atoms with van der Waals surface area (Å²) >= 11 is 0. The number of allylic oxidation sites excluding steroid dienone is 1. The van der Waals surface area contributed by atoms with Crippen LogP contribution < -0.4 is 4.74 Å². The Morgan fingerprint density at radius 3 is 2.54 bits per heavy atom. The van der Waals surface area contributed by atoms with Crippen LogP contribution in [0.2, 0.25) is 0 Å². The molecule has 0 heterocycles. The highest BCUT2D eigenvalue weighted by atomic mass is 16.5. The average molecular weight is 344 g/mol. The molecule has 3 aromatic carbocycles. The molecule has 0 spiro atoms. The molecule has 0 saturated heterocycles.